The Morgan fingerprint density at radius 3 is 1.76 bits per heavy atom. The van der Waals surface area contributed by atoms with Crippen molar-refractivity contribution in [3.63, 3.8) is 0 Å². The van der Waals surface area contributed by atoms with E-state index in [1.165, 1.54) is 44.2 Å². The molecule has 0 amide bonds. The minimum atomic E-state index is -2.33. The summed E-state index contributed by atoms with van der Waals surface area (Å²) in [6.07, 6.45) is 9.07. The highest BCUT2D eigenvalue weighted by Gasteiger charge is 2.30. The molecule has 29 heavy (non-hydrogen) atoms. The first-order valence-electron chi connectivity index (χ1n) is 9.69. The molecule has 0 heterocycles. The zero-order chi connectivity index (χ0) is 21.4. The molecule has 0 radical (unpaired) electrons. The number of rotatable bonds is 10. The maximum atomic E-state index is 13.7. The first kappa shape index (κ1) is 22.8. The van der Waals surface area contributed by atoms with E-state index in [0.717, 1.165) is 24.8 Å². The lowest BCUT2D eigenvalue weighted by Gasteiger charge is -2.09. The van der Waals surface area contributed by atoms with Crippen LogP contribution in [0.3, 0.4) is 0 Å². The molecule has 0 N–H and O–H groups in total. The summed E-state index contributed by atoms with van der Waals surface area (Å²) in [6, 6.07) is 6.22. The number of carbonyl (C=O) groups excluding carboxylic acids is 1. The van der Waals surface area contributed by atoms with Crippen molar-refractivity contribution >= 4 is 5.97 Å². The van der Waals surface area contributed by atoms with Crippen molar-refractivity contribution in [2.75, 3.05) is 0 Å². The van der Waals surface area contributed by atoms with Gasteiger partial charge in [0.15, 0.2) is 23.3 Å². The topological polar surface area (TPSA) is 26.3 Å². The monoisotopic (exact) mass is 414 g/mol. The third-order valence-corrected chi connectivity index (χ3v) is 4.62. The molecule has 2 nitrogen and oxygen atoms in total. The molecule has 0 fully saturated rings. The summed E-state index contributed by atoms with van der Waals surface area (Å²) >= 11 is 0. The smallest absolute Gasteiger partial charge is 0.349 e. The number of unbranched alkanes of at least 4 members (excludes halogenated alkanes) is 6. The van der Waals surface area contributed by atoms with E-state index >= 15 is 0 Å². The highest BCUT2D eigenvalue weighted by atomic mass is 19.2. The van der Waals surface area contributed by atoms with Gasteiger partial charge in [0.25, 0.3) is 0 Å². The van der Waals surface area contributed by atoms with E-state index in [1.54, 1.807) is 12.1 Å². The second-order valence-electron chi connectivity index (χ2n) is 6.85. The molecule has 0 unspecified atom stereocenters. The van der Waals surface area contributed by atoms with E-state index in [0.29, 0.717) is 0 Å². The standard InChI is InChI=1S/C22H23F5O2/c1-2-3-4-5-6-7-8-9-14-10-12-15(13-11-14)29-22(28)16-17(23)19(25)21(27)20(26)18(16)24/h10-13H,2-9H2,1H3. The largest absolute Gasteiger partial charge is 0.423 e. The first-order valence-corrected chi connectivity index (χ1v) is 9.69. The van der Waals surface area contributed by atoms with Crippen molar-refractivity contribution in [3.8, 4) is 5.75 Å². The van der Waals surface area contributed by atoms with E-state index in [-0.39, 0.29) is 5.75 Å². The van der Waals surface area contributed by atoms with Crippen molar-refractivity contribution in [2.45, 2.75) is 58.3 Å². The van der Waals surface area contributed by atoms with Crippen LogP contribution >= 0.6 is 0 Å². The van der Waals surface area contributed by atoms with Gasteiger partial charge in [-0.2, -0.15) is 0 Å². The first-order chi connectivity index (χ1) is 13.9. The SMILES string of the molecule is CCCCCCCCCc1ccc(OC(=O)c2c(F)c(F)c(F)c(F)c2F)cc1. The van der Waals surface area contributed by atoms with Crippen LogP contribution in [-0.2, 0) is 6.42 Å². The average Bonchev–Trinajstić information content (AvgIpc) is 2.71. The number of benzene rings is 2. The van der Waals surface area contributed by atoms with E-state index in [4.69, 9.17) is 4.74 Å². The molecule has 2 aromatic carbocycles. The number of hydrogen-bond acceptors (Lipinski definition) is 2. The van der Waals surface area contributed by atoms with Crippen LogP contribution in [0, 0.1) is 29.1 Å². The van der Waals surface area contributed by atoms with E-state index in [2.05, 4.69) is 6.92 Å². The Morgan fingerprint density at radius 2 is 1.21 bits per heavy atom. The molecule has 0 aromatic heterocycles. The molecule has 0 spiro atoms. The summed E-state index contributed by atoms with van der Waals surface area (Å²) in [7, 11) is 0. The molecule has 2 aromatic rings. The van der Waals surface area contributed by atoms with Crippen LogP contribution in [0.1, 0.15) is 67.8 Å². The van der Waals surface area contributed by atoms with Gasteiger partial charge in [-0.1, -0.05) is 57.6 Å². The number of carbonyl (C=O) groups is 1. The fraction of sp³-hybridized carbons (Fsp3) is 0.409. The van der Waals surface area contributed by atoms with Crippen LogP contribution in [0.15, 0.2) is 24.3 Å². The maximum absolute atomic E-state index is 13.7. The van der Waals surface area contributed by atoms with E-state index in [9.17, 15) is 26.7 Å². The van der Waals surface area contributed by atoms with Crippen molar-refractivity contribution in [2.24, 2.45) is 0 Å². The molecule has 0 aliphatic heterocycles. The van der Waals surface area contributed by atoms with Crippen molar-refractivity contribution in [1.82, 2.24) is 0 Å². The molecule has 0 bridgehead atoms. The van der Waals surface area contributed by atoms with Gasteiger partial charge in [0.05, 0.1) is 0 Å². The number of hydrogen-bond donors (Lipinski definition) is 0. The maximum Gasteiger partial charge on any atom is 0.349 e. The molecule has 0 saturated carbocycles. The number of ether oxygens (including phenoxy) is 1. The molecule has 0 saturated heterocycles. The van der Waals surface area contributed by atoms with Crippen LogP contribution in [0.25, 0.3) is 0 Å². The van der Waals surface area contributed by atoms with Crippen LogP contribution < -0.4 is 4.74 Å². The summed E-state index contributed by atoms with van der Waals surface area (Å²) in [5.74, 6) is -12.9. The normalized spacial score (nSPS) is 11.0. The van der Waals surface area contributed by atoms with Gasteiger partial charge < -0.3 is 4.74 Å². The second kappa shape index (κ2) is 10.9. The van der Waals surface area contributed by atoms with Gasteiger partial charge in [0.1, 0.15) is 11.3 Å². The third kappa shape index (κ3) is 6.02. The minimum absolute atomic E-state index is 0.0535. The Hall–Kier alpha value is -2.44. The van der Waals surface area contributed by atoms with Gasteiger partial charge in [0, 0.05) is 0 Å². The fourth-order valence-corrected chi connectivity index (χ4v) is 2.95. The van der Waals surface area contributed by atoms with Gasteiger partial charge in [-0.25, -0.2) is 26.7 Å². The lowest BCUT2D eigenvalue weighted by atomic mass is 10.0. The molecular weight excluding hydrogens is 391 g/mol. The average molecular weight is 414 g/mol. The summed E-state index contributed by atoms with van der Waals surface area (Å²) < 4.78 is 71.6. The predicted octanol–water partition coefficient (Wildman–Crippen LogP) is 6.89. The third-order valence-electron chi connectivity index (χ3n) is 4.62. The van der Waals surface area contributed by atoms with Crippen LogP contribution in [0.5, 0.6) is 5.75 Å². The number of halogens is 5. The summed E-state index contributed by atoms with van der Waals surface area (Å²) in [5.41, 5.74) is -0.622. The zero-order valence-electron chi connectivity index (χ0n) is 16.2. The number of aryl methyl sites for hydroxylation is 1. The Bertz CT molecular complexity index is 805. The van der Waals surface area contributed by atoms with Gasteiger partial charge in [-0.05, 0) is 30.5 Å². The second-order valence-corrected chi connectivity index (χ2v) is 6.85. The molecule has 0 atom stereocenters. The van der Waals surface area contributed by atoms with Gasteiger partial charge in [0.2, 0.25) is 5.82 Å². The van der Waals surface area contributed by atoms with Gasteiger partial charge in [-0.15, -0.1) is 0 Å². The Morgan fingerprint density at radius 1 is 0.724 bits per heavy atom. The van der Waals surface area contributed by atoms with Crippen molar-refractivity contribution in [3.05, 3.63) is 64.5 Å². The molecule has 7 heteroatoms. The van der Waals surface area contributed by atoms with Crippen molar-refractivity contribution in [1.29, 1.82) is 0 Å². The fourth-order valence-electron chi connectivity index (χ4n) is 2.95. The lowest BCUT2D eigenvalue weighted by molar-refractivity contribution is 0.0721. The van der Waals surface area contributed by atoms with Crippen LogP contribution in [0.4, 0.5) is 22.0 Å². The van der Waals surface area contributed by atoms with Crippen LogP contribution in [-0.4, -0.2) is 5.97 Å². The molecule has 0 aliphatic rings. The molecule has 2 rings (SSSR count). The molecular formula is C22H23F5O2. The van der Waals surface area contributed by atoms with Crippen LogP contribution in [0.2, 0.25) is 0 Å². The molecule has 158 valence electrons. The predicted molar refractivity (Wildman–Crippen MR) is 99.3 cm³/mol. The zero-order valence-corrected chi connectivity index (χ0v) is 16.2. The Kier molecular flexibility index (Phi) is 8.61. The van der Waals surface area contributed by atoms with E-state index < -0.39 is 40.6 Å². The summed E-state index contributed by atoms with van der Waals surface area (Å²) in [6.45, 7) is 2.17. The molecule has 0 aliphatic carbocycles. The van der Waals surface area contributed by atoms with Gasteiger partial charge >= 0.3 is 5.97 Å². The number of esters is 1. The van der Waals surface area contributed by atoms with Crippen molar-refractivity contribution < 1.29 is 31.5 Å². The Labute approximate surface area is 166 Å². The highest BCUT2D eigenvalue weighted by Crippen LogP contribution is 2.25. The quantitative estimate of drug-likeness (QED) is 0.106. The summed E-state index contributed by atoms with van der Waals surface area (Å²) in [5, 5.41) is 0. The van der Waals surface area contributed by atoms with Gasteiger partial charge in [-0.3, -0.25) is 0 Å². The highest BCUT2D eigenvalue weighted by molar-refractivity contribution is 5.91. The van der Waals surface area contributed by atoms with E-state index in [1.807, 2.05) is 0 Å². The summed E-state index contributed by atoms with van der Waals surface area (Å²) in [4.78, 5) is 11.9. The minimum Gasteiger partial charge on any atom is -0.423 e. The Balaban J connectivity index is 1.93. The lowest BCUT2D eigenvalue weighted by Crippen LogP contribution is -2.17.